The Bertz CT molecular complexity index is 1080. The van der Waals surface area contributed by atoms with Crippen molar-refractivity contribution >= 4 is 35.1 Å². The SMILES string of the molecule is C[C@H](NC(=O)OCc1ccccc1)C(=O)NC(C(=O)OCc1ccccc1)C1=CC=CCC1=S. The van der Waals surface area contributed by atoms with Crippen LogP contribution in [0.1, 0.15) is 24.5 Å². The van der Waals surface area contributed by atoms with Crippen LogP contribution in [-0.2, 0) is 32.3 Å². The molecule has 0 aliphatic heterocycles. The largest absolute Gasteiger partial charge is 0.459 e. The Balaban J connectivity index is 1.61. The number of alkyl carbamates (subject to hydrolysis) is 1. The van der Waals surface area contributed by atoms with E-state index >= 15 is 0 Å². The van der Waals surface area contributed by atoms with E-state index < -0.39 is 30.1 Å². The van der Waals surface area contributed by atoms with E-state index in [-0.39, 0.29) is 13.2 Å². The first-order chi connectivity index (χ1) is 16.4. The minimum absolute atomic E-state index is 0.0571. The summed E-state index contributed by atoms with van der Waals surface area (Å²) < 4.78 is 10.6. The lowest BCUT2D eigenvalue weighted by Gasteiger charge is -2.24. The molecule has 0 spiro atoms. The molecular formula is C26H26N2O5S. The van der Waals surface area contributed by atoms with Crippen LogP contribution < -0.4 is 10.6 Å². The monoisotopic (exact) mass is 478 g/mol. The van der Waals surface area contributed by atoms with E-state index in [4.69, 9.17) is 21.7 Å². The van der Waals surface area contributed by atoms with Crippen molar-refractivity contribution in [2.45, 2.75) is 38.6 Å². The molecule has 0 aromatic heterocycles. The average Bonchev–Trinajstić information content (AvgIpc) is 2.86. The summed E-state index contributed by atoms with van der Waals surface area (Å²) in [5.41, 5.74) is 2.13. The quantitative estimate of drug-likeness (QED) is 0.421. The van der Waals surface area contributed by atoms with Crippen LogP contribution in [0.3, 0.4) is 0 Å². The standard InChI is InChI=1S/C26H26N2O5S/c1-18(27-26(31)33-17-20-12-6-3-7-13-20)24(29)28-23(21-14-8-9-15-22(21)34)25(30)32-16-19-10-4-2-5-11-19/h2-14,18,23H,15-17H2,1H3,(H,27,31)(H,28,29)/t18-,23?/m0/s1. The van der Waals surface area contributed by atoms with Gasteiger partial charge in [-0.1, -0.05) is 91.1 Å². The zero-order valence-electron chi connectivity index (χ0n) is 18.7. The fourth-order valence-corrected chi connectivity index (χ4v) is 3.45. The van der Waals surface area contributed by atoms with Crippen molar-refractivity contribution in [1.82, 2.24) is 10.6 Å². The second kappa shape index (κ2) is 12.5. The molecule has 0 radical (unpaired) electrons. The molecule has 2 aromatic carbocycles. The van der Waals surface area contributed by atoms with Gasteiger partial charge in [0.05, 0.1) is 0 Å². The highest BCUT2D eigenvalue weighted by Gasteiger charge is 2.31. The summed E-state index contributed by atoms with van der Waals surface area (Å²) in [6, 6.07) is 16.3. The summed E-state index contributed by atoms with van der Waals surface area (Å²) in [5.74, 6) is -1.21. The number of hydrogen-bond acceptors (Lipinski definition) is 6. The summed E-state index contributed by atoms with van der Waals surface area (Å²) in [7, 11) is 0. The maximum Gasteiger partial charge on any atom is 0.408 e. The molecule has 2 atom stereocenters. The lowest BCUT2D eigenvalue weighted by atomic mass is 9.97. The summed E-state index contributed by atoms with van der Waals surface area (Å²) in [6.45, 7) is 1.63. The first kappa shape index (κ1) is 24.9. The maximum absolute atomic E-state index is 12.9. The van der Waals surface area contributed by atoms with Gasteiger partial charge >= 0.3 is 12.1 Å². The van der Waals surface area contributed by atoms with Crippen molar-refractivity contribution in [2.75, 3.05) is 0 Å². The van der Waals surface area contributed by atoms with Gasteiger partial charge in [-0.3, -0.25) is 4.79 Å². The van der Waals surface area contributed by atoms with Gasteiger partial charge in [0, 0.05) is 11.3 Å². The molecule has 2 amide bonds. The van der Waals surface area contributed by atoms with Crippen LogP contribution in [0.2, 0.25) is 0 Å². The van der Waals surface area contributed by atoms with Gasteiger partial charge in [-0.25, -0.2) is 9.59 Å². The van der Waals surface area contributed by atoms with E-state index in [9.17, 15) is 14.4 Å². The van der Waals surface area contributed by atoms with Crippen molar-refractivity contribution in [3.8, 4) is 0 Å². The number of hydrogen-bond donors (Lipinski definition) is 2. The van der Waals surface area contributed by atoms with Crippen molar-refractivity contribution in [3.63, 3.8) is 0 Å². The van der Waals surface area contributed by atoms with Gasteiger partial charge in [-0.15, -0.1) is 0 Å². The third kappa shape index (κ3) is 7.38. The molecule has 1 aliphatic rings. The highest BCUT2D eigenvalue weighted by molar-refractivity contribution is 7.80. The Morgan fingerprint density at radius 3 is 2.09 bits per heavy atom. The number of rotatable bonds is 9. The Hall–Kier alpha value is -3.78. The van der Waals surface area contributed by atoms with Crippen molar-refractivity contribution in [2.24, 2.45) is 0 Å². The molecule has 0 saturated heterocycles. The van der Waals surface area contributed by atoms with E-state index in [0.717, 1.165) is 11.1 Å². The molecule has 0 bridgehead atoms. The molecule has 8 heteroatoms. The fraction of sp³-hybridized carbons (Fsp3) is 0.231. The van der Waals surface area contributed by atoms with Crippen LogP contribution in [0.4, 0.5) is 4.79 Å². The Morgan fingerprint density at radius 1 is 0.912 bits per heavy atom. The van der Waals surface area contributed by atoms with Crippen molar-refractivity contribution in [3.05, 3.63) is 95.6 Å². The first-order valence-corrected chi connectivity index (χ1v) is 11.2. The molecule has 1 unspecified atom stereocenters. The molecule has 2 N–H and O–H groups in total. The second-order valence-corrected chi connectivity index (χ2v) is 8.13. The molecule has 2 aromatic rings. The van der Waals surface area contributed by atoms with Gasteiger partial charge in [0.15, 0.2) is 6.04 Å². The number of thiocarbonyl (C=S) groups is 1. The van der Waals surface area contributed by atoms with Crippen molar-refractivity contribution < 1.29 is 23.9 Å². The third-order valence-electron chi connectivity index (χ3n) is 5.03. The van der Waals surface area contributed by atoms with Crippen molar-refractivity contribution in [1.29, 1.82) is 0 Å². The van der Waals surface area contributed by atoms with Crippen LogP contribution in [0.5, 0.6) is 0 Å². The van der Waals surface area contributed by atoms with Gasteiger partial charge in [0.25, 0.3) is 0 Å². The zero-order chi connectivity index (χ0) is 24.3. The molecule has 34 heavy (non-hydrogen) atoms. The minimum Gasteiger partial charge on any atom is -0.459 e. The lowest BCUT2D eigenvalue weighted by Crippen LogP contribution is -2.52. The second-order valence-electron chi connectivity index (χ2n) is 7.64. The van der Waals surface area contributed by atoms with Gasteiger partial charge in [-0.05, 0) is 23.6 Å². The first-order valence-electron chi connectivity index (χ1n) is 10.8. The molecule has 1 aliphatic carbocycles. The predicted molar refractivity (Wildman–Crippen MR) is 132 cm³/mol. The van der Waals surface area contributed by atoms with Crippen LogP contribution in [0.15, 0.2) is 84.5 Å². The van der Waals surface area contributed by atoms with Crippen LogP contribution in [-0.4, -0.2) is 34.9 Å². The van der Waals surface area contributed by atoms with Gasteiger partial charge in [0.2, 0.25) is 5.91 Å². The van der Waals surface area contributed by atoms with Gasteiger partial charge in [0.1, 0.15) is 19.3 Å². The topological polar surface area (TPSA) is 93.7 Å². The normalized spacial score (nSPS) is 14.4. The molecular weight excluding hydrogens is 452 g/mol. The maximum atomic E-state index is 12.9. The minimum atomic E-state index is -1.10. The molecule has 0 fully saturated rings. The number of nitrogens with one attached hydrogen (secondary N) is 2. The number of esters is 1. The fourth-order valence-electron chi connectivity index (χ4n) is 3.16. The lowest BCUT2D eigenvalue weighted by molar-refractivity contribution is -0.148. The smallest absolute Gasteiger partial charge is 0.408 e. The van der Waals surface area contributed by atoms with Gasteiger partial charge in [-0.2, -0.15) is 0 Å². The number of amides is 2. The van der Waals surface area contributed by atoms with E-state index in [1.54, 1.807) is 12.2 Å². The van der Waals surface area contributed by atoms with E-state index in [1.807, 2.05) is 66.7 Å². The number of carbonyl (C=O) groups excluding carboxylic acids is 3. The zero-order valence-corrected chi connectivity index (χ0v) is 19.5. The average molecular weight is 479 g/mol. The predicted octanol–water partition coefficient (Wildman–Crippen LogP) is 3.79. The number of carbonyl (C=O) groups is 3. The number of benzene rings is 2. The Kier molecular flexibility index (Phi) is 9.11. The Labute approximate surface area is 203 Å². The van der Waals surface area contributed by atoms with E-state index in [1.165, 1.54) is 6.92 Å². The van der Waals surface area contributed by atoms with E-state index in [0.29, 0.717) is 16.9 Å². The summed E-state index contributed by atoms with van der Waals surface area (Å²) in [4.78, 5) is 38.4. The summed E-state index contributed by atoms with van der Waals surface area (Å²) in [5, 5.41) is 5.13. The van der Waals surface area contributed by atoms with Crippen LogP contribution in [0.25, 0.3) is 0 Å². The van der Waals surface area contributed by atoms with Crippen LogP contribution in [0, 0.1) is 0 Å². The molecule has 0 saturated carbocycles. The summed E-state index contributed by atoms with van der Waals surface area (Å²) in [6.07, 6.45) is 5.07. The van der Waals surface area contributed by atoms with Crippen LogP contribution >= 0.6 is 12.2 Å². The number of allylic oxidation sites excluding steroid dienone is 3. The highest BCUT2D eigenvalue weighted by atomic mass is 32.1. The van der Waals surface area contributed by atoms with E-state index in [2.05, 4.69) is 10.6 Å². The third-order valence-corrected chi connectivity index (χ3v) is 5.44. The van der Waals surface area contributed by atoms with Gasteiger partial charge < -0.3 is 20.1 Å². The molecule has 176 valence electrons. The highest BCUT2D eigenvalue weighted by Crippen LogP contribution is 2.16. The Morgan fingerprint density at radius 2 is 1.50 bits per heavy atom. The molecule has 7 nitrogen and oxygen atoms in total. The summed E-state index contributed by atoms with van der Waals surface area (Å²) >= 11 is 5.40. The number of ether oxygens (including phenoxy) is 2. The molecule has 0 heterocycles. The molecule has 3 rings (SSSR count).